The van der Waals surface area contributed by atoms with Crippen molar-refractivity contribution >= 4 is 29.7 Å². The molecular formula is C18H27N3O4S. The third-order valence-corrected chi connectivity index (χ3v) is 4.13. The number of esters is 1. The van der Waals surface area contributed by atoms with Crippen molar-refractivity contribution in [1.29, 1.82) is 0 Å². The molecule has 7 nitrogen and oxygen atoms in total. The van der Waals surface area contributed by atoms with Gasteiger partial charge >= 0.3 is 12.0 Å². The third kappa shape index (κ3) is 7.77. The van der Waals surface area contributed by atoms with Gasteiger partial charge in [0, 0.05) is 18.2 Å². The van der Waals surface area contributed by atoms with Gasteiger partial charge in [0.05, 0.1) is 7.11 Å². The Morgan fingerprint density at radius 1 is 1.12 bits per heavy atom. The van der Waals surface area contributed by atoms with Gasteiger partial charge in [0.1, 0.15) is 6.04 Å². The molecule has 3 N–H and O–H groups in total. The molecule has 0 saturated carbocycles. The topological polar surface area (TPSA) is 96.5 Å². The molecule has 0 aromatic heterocycles. The van der Waals surface area contributed by atoms with Gasteiger partial charge in [0.2, 0.25) is 0 Å². The molecule has 0 radical (unpaired) electrons. The summed E-state index contributed by atoms with van der Waals surface area (Å²) >= 11 is 1.60. The van der Waals surface area contributed by atoms with Crippen LogP contribution in [0.1, 0.15) is 36.2 Å². The third-order valence-electron chi connectivity index (χ3n) is 3.49. The maximum absolute atomic E-state index is 12.3. The van der Waals surface area contributed by atoms with E-state index in [1.54, 1.807) is 36.0 Å². The summed E-state index contributed by atoms with van der Waals surface area (Å²) in [6.45, 7) is 4.13. The lowest BCUT2D eigenvalue weighted by Gasteiger charge is -2.16. The normalized spacial score (nSPS) is 11.6. The number of carbonyl (C=O) groups is 3. The Labute approximate surface area is 158 Å². The van der Waals surface area contributed by atoms with Gasteiger partial charge in [0.15, 0.2) is 0 Å². The molecule has 3 amide bonds. The Morgan fingerprint density at radius 2 is 1.77 bits per heavy atom. The van der Waals surface area contributed by atoms with Gasteiger partial charge in [0.25, 0.3) is 5.91 Å². The van der Waals surface area contributed by atoms with Crippen LogP contribution in [0.2, 0.25) is 0 Å². The molecule has 1 atom stereocenters. The van der Waals surface area contributed by atoms with Gasteiger partial charge in [-0.1, -0.05) is 12.1 Å². The summed E-state index contributed by atoms with van der Waals surface area (Å²) in [6, 6.07) is 6.01. The molecule has 0 fully saturated rings. The first-order chi connectivity index (χ1) is 12.4. The van der Waals surface area contributed by atoms with Crippen LogP contribution in [0.4, 0.5) is 4.79 Å². The van der Waals surface area contributed by atoms with Gasteiger partial charge in [-0.3, -0.25) is 4.79 Å². The van der Waals surface area contributed by atoms with Crippen molar-refractivity contribution in [3.05, 3.63) is 35.4 Å². The second-order valence-electron chi connectivity index (χ2n) is 6.01. The number of amides is 3. The second kappa shape index (κ2) is 11.4. The Balaban J connectivity index is 2.61. The fourth-order valence-electron chi connectivity index (χ4n) is 2.14. The first-order valence-electron chi connectivity index (χ1n) is 8.38. The van der Waals surface area contributed by atoms with Crippen molar-refractivity contribution in [2.24, 2.45) is 0 Å². The summed E-state index contributed by atoms with van der Waals surface area (Å²) in [5, 5.41) is 8.18. The Kier molecular flexibility index (Phi) is 9.57. The van der Waals surface area contributed by atoms with Crippen LogP contribution in [0, 0.1) is 0 Å². The lowest BCUT2D eigenvalue weighted by molar-refractivity contribution is -0.142. The molecule has 0 aliphatic carbocycles. The summed E-state index contributed by atoms with van der Waals surface area (Å²) in [5.41, 5.74) is 1.31. The molecule has 1 aromatic rings. The Bertz CT molecular complexity index is 605. The van der Waals surface area contributed by atoms with Crippen LogP contribution < -0.4 is 16.0 Å². The second-order valence-corrected chi connectivity index (χ2v) is 6.99. The maximum atomic E-state index is 12.3. The molecule has 0 heterocycles. The van der Waals surface area contributed by atoms with Crippen LogP contribution in [0.3, 0.4) is 0 Å². The van der Waals surface area contributed by atoms with Gasteiger partial charge in [-0.05, 0) is 50.0 Å². The van der Waals surface area contributed by atoms with Gasteiger partial charge < -0.3 is 20.7 Å². The number of hydrogen-bond donors (Lipinski definition) is 3. The fourth-order valence-corrected chi connectivity index (χ4v) is 2.61. The van der Waals surface area contributed by atoms with E-state index >= 15 is 0 Å². The van der Waals surface area contributed by atoms with Crippen molar-refractivity contribution in [2.75, 3.05) is 19.1 Å². The lowest BCUT2D eigenvalue weighted by Crippen LogP contribution is -2.42. The van der Waals surface area contributed by atoms with E-state index in [1.165, 1.54) is 7.11 Å². The van der Waals surface area contributed by atoms with Crippen molar-refractivity contribution < 1.29 is 19.1 Å². The molecule has 0 aliphatic heterocycles. The molecule has 0 spiro atoms. The number of carbonyl (C=O) groups excluding carboxylic acids is 3. The van der Waals surface area contributed by atoms with E-state index in [0.29, 0.717) is 18.5 Å². The maximum Gasteiger partial charge on any atom is 0.328 e. The van der Waals surface area contributed by atoms with Crippen molar-refractivity contribution in [2.45, 2.75) is 38.9 Å². The van der Waals surface area contributed by atoms with Crippen LogP contribution in [0.5, 0.6) is 0 Å². The molecule has 144 valence electrons. The van der Waals surface area contributed by atoms with Gasteiger partial charge in [-0.15, -0.1) is 0 Å². The summed E-state index contributed by atoms with van der Waals surface area (Å²) < 4.78 is 4.74. The lowest BCUT2D eigenvalue weighted by atomic mass is 10.1. The summed E-state index contributed by atoms with van der Waals surface area (Å²) in [5.74, 6) is -0.0498. The first-order valence-corrected chi connectivity index (χ1v) is 9.77. The highest BCUT2D eigenvalue weighted by atomic mass is 32.2. The van der Waals surface area contributed by atoms with E-state index in [9.17, 15) is 14.4 Å². The standard InChI is InChI=1S/C18H27N3O4S/c1-12(2)20-18(24)19-11-13-5-7-14(8-6-13)16(22)21-15(9-10-26-4)17(23)25-3/h5-8,12,15H,9-11H2,1-4H3,(H,21,22)(H2,19,20,24)/t15-/m0/s1. The SMILES string of the molecule is COC(=O)[C@H](CCSC)NC(=O)c1ccc(CNC(=O)NC(C)C)cc1. The largest absolute Gasteiger partial charge is 0.467 e. The molecule has 0 saturated heterocycles. The fraction of sp³-hybridized carbons (Fsp3) is 0.500. The molecule has 8 heteroatoms. The zero-order chi connectivity index (χ0) is 19.5. The highest BCUT2D eigenvalue weighted by Crippen LogP contribution is 2.07. The molecule has 26 heavy (non-hydrogen) atoms. The highest BCUT2D eigenvalue weighted by Gasteiger charge is 2.21. The van der Waals surface area contributed by atoms with Crippen molar-refractivity contribution in [3.8, 4) is 0 Å². The molecule has 1 aromatic carbocycles. The predicted octanol–water partition coefficient (Wildman–Crippen LogP) is 1.92. The van der Waals surface area contributed by atoms with Crippen LogP contribution in [-0.2, 0) is 16.1 Å². The zero-order valence-corrected chi connectivity index (χ0v) is 16.4. The smallest absolute Gasteiger partial charge is 0.328 e. The van der Waals surface area contributed by atoms with E-state index in [-0.39, 0.29) is 18.0 Å². The first kappa shape index (κ1) is 21.8. The van der Waals surface area contributed by atoms with E-state index in [2.05, 4.69) is 16.0 Å². The Morgan fingerprint density at radius 3 is 2.31 bits per heavy atom. The van der Waals surface area contributed by atoms with Gasteiger partial charge in [-0.25, -0.2) is 9.59 Å². The number of thioether (sulfide) groups is 1. The number of ether oxygens (including phenoxy) is 1. The quantitative estimate of drug-likeness (QED) is 0.568. The van der Waals surface area contributed by atoms with E-state index < -0.39 is 12.0 Å². The number of urea groups is 1. The van der Waals surface area contributed by atoms with Crippen LogP contribution >= 0.6 is 11.8 Å². The Hall–Kier alpha value is -2.22. The van der Waals surface area contributed by atoms with E-state index in [0.717, 1.165) is 11.3 Å². The monoisotopic (exact) mass is 381 g/mol. The van der Waals surface area contributed by atoms with Crippen LogP contribution in [-0.4, -0.2) is 49.1 Å². The zero-order valence-electron chi connectivity index (χ0n) is 15.6. The number of methoxy groups -OCH3 is 1. The summed E-state index contributed by atoms with van der Waals surface area (Å²) in [6.07, 6.45) is 2.44. The number of hydrogen-bond acceptors (Lipinski definition) is 5. The minimum Gasteiger partial charge on any atom is -0.467 e. The average molecular weight is 381 g/mol. The number of benzene rings is 1. The average Bonchev–Trinajstić information content (AvgIpc) is 2.62. The van der Waals surface area contributed by atoms with Crippen molar-refractivity contribution in [3.63, 3.8) is 0 Å². The molecule has 0 aliphatic rings. The van der Waals surface area contributed by atoms with Crippen LogP contribution in [0.15, 0.2) is 24.3 Å². The number of nitrogens with one attached hydrogen (secondary N) is 3. The molecule has 0 unspecified atom stereocenters. The molecule has 0 bridgehead atoms. The highest BCUT2D eigenvalue weighted by molar-refractivity contribution is 7.98. The minimum absolute atomic E-state index is 0.0648. The molecule has 1 rings (SSSR count). The predicted molar refractivity (Wildman–Crippen MR) is 103 cm³/mol. The number of rotatable bonds is 9. The summed E-state index contributed by atoms with van der Waals surface area (Å²) in [4.78, 5) is 35.7. The van der Waals surface area contributed by atoms with Crippen LogP contribution in [0.25, 0.3) is 0 Å². The minimum atomic E-state index is -0.666. The van der Waals surface area contributed by atoms with Crippen molar-refractivity contribution in [1.82, 2.24) is 16.0 Å². The van der Waals surface area contributed by atoms with E-state index in [1.807, 2.05) is 20.1 Å². The van der Waals surface area contributed by atoms with E-state index in [4.69, 9.17) is 4.74 Å². The summed E-state index contributed by atoms with van der Waals surface area (Å²) in [7, 11) is 1.30. The molecular weight excluding hydrogens is 354 g/mol. The van der Waals surface area contributed by atoms with Gasteiger partial charge in [-0.2, -0.15) is 11.8 Å².